The zero-order valence-electron chi connectivity index (χ0n) is 16.0. The van der Waals surface area contributed by atoms with Crippen molar-refractivity contribution in [3.8, 4) is 11.5 Å². The number of hydrogen-bond donors (Lipinski definition) is 0. The number of nitro benzene ring substituents is 1. The van der Waals surface area contributed by atoms with Gasteiger partial charge in [-0.15, -0.1) is 0 Å². The van der Waals surface area contributed by atoms with Crippen LogP contribution in [0.2, 0.25) is 0 Å². The number of benzene rings is 2. The molecule has 8 heteroatoms. The predicted molar refractivity (Wildman–Crippen MR) is 104 cm³/mol. The number of non-ortho nitro benzene ring substituents is 1. The van der Waals surface area contributed by atoms with Crippen molar-refractivity contribution in [1.82, 2.24) is 9.80 Å². The molecule has 0 N–H and O–H groups in total. The molecule has 0 spiro atoms. The topological polar surface area (TPSA) is 85.2 Å². The number of nitro groups is 1. The van der Waals surface area contributed by atoms with E-state index in [-0.39, 0.29) is 11.6 Å². The van der Waals surface area contributed by atoms with Crippen LogP contribution < -0.4 is 9.47 Å². The Balaban J connectivity index is 1.62. The summed E-state index contributed by atoms with van der Waals surface area (Å²) >= 11 is 0. The zero-order valence-corrected chi connectivity index (χ0v) is 16.0. The lowest BCUT2D eigenvalue weighted by Gasteiger charge is -2.35. The summed E-state index contributed by atoms with van der Waals surface area (Å²) in [6.45, 7) is 3.24. The fraction of sp³-hybridized carbons (Fsp3) is 0.350. The first-order valence-corrected chi connectivity index (χ1v) is 8.99. The summed E-state index contributed by atoms with van der Waals surface area (Å²) in [5.41, 5.74) is 1.30. The molecule has 28 heavy (non-hydrogen) atoms. The maximum Gasteiger partial charge on any atom is 0.270 e. The Kier molecular flexibility index (Phi) is 6.10. The Labute approximate surface area is 163 Å². The van der Waals surface area contributed by atoms with Gasteiger partial charge in [-0.2, -0.15) is 0 Å². The number of rotatable bonds is 6. The van der Waals surface area contributed by atoms with Gasteiger partial charge in [0.15, 0.2) is 0 Å². The van der Waals surface area contributed by atoms with E-state index in [1.165, 1.54) is 18.2 Å². The van der Waals surface area contributed by atoms with E-state index < -0.39 is 4.92 Å². The second-order valence-corrected chi connectivity index (χ2v) is 6.55. The number of amides is 1. The molecule has 0 unspecified atom stereocenters. The van der Waals surface area contributed by atoms with Gasteiger partial charge in [-0.1, -0.05) is 6.07 Å². The smallest absolute Gasteiger partial charge is 0.270 e. The number of hydrogen-bond acceptors (Lipinski definition) is 6. The van der Waals surface area contributed by atoms with Crippen LogP contribution in [0.4, 0.5) is 5.69 Å². The van der Waals surface area contributed by atoms with Gasteiger partial charge < -0.3 is 14.4 Å². The largest absolute Gasteiger partial charge is 0.497 e. The molecule has 0 bridgehead atoms. The molecular weight excluding hydrogens is 362 g/mol. The lowest BCUT2D eigenvalue weighted by Crippen LogP contribution is -2.48. The molecule has 0 atom stereocenters. The number of ether oxygens (including phenoxy) is 2. The van der Waals surface area contributed by atoms with Crippen LogP contribution in [0, 0.1) is 10.1 Å². The molecule has 2 aromatic rings. The molecule has 0 aromatic heterocycles. The molecule has 1 saturated heterocycles. The van der Waals surface area contributed by atoms with E-state index in [1.807, 2.05) is 18.2 Å². The highest BCUT2D eigenvalue weighted by Crippen LogP contribution is 2.26. The van der Waals surface area contributed by atoms with E-state index in [9.17, 15) is 14.9 Å². The van der Waals surface area contributed by atoms with Crippen molar-refractivity contribution in [3.63, 3.8) is 0 Å². The van der Waals surface area contributed by atoms with Crippen molar-refractivity contribution >= 4 is 11.6 Å². The first-order chi connectivity index (χ1) is 13.5. The second-order valence-electron chi connectivity index (χ2n) is 6.55. The Morgan fingerprint density at radius 2 is 1.82 bits per heavy atom. The van der Waals surface area contributed by atoms with Crippen molar-refractivity contribution in [2.45, 2.75) is 6.54 Å². The predicted octanol–water partition coefficient (Wildman–Crippen LogP) is 2.57. The maximum absolute atomic E-state index is 12.7. The average molecular weight is 385 g/mol. The summed E-state index contributed by atoms with van der Waals surface area (Å²) in [5.74, 6) is 1.40. The molecule has 1 fully saturated rings. The summed E-state index contributed by atoms with van der Waals surface area (Å²) in [5, 5.41) is 10.9. The van der Waals surface area contributed by atoms with Gasteiger partial charge in [0.05, 0.1) is 19.1 Å². The van der Waals surface area contributed by atoms with E-state index in [0.29, 0.717) is 38.3 Å². The van der Waals surface area contributed by atoms with Crippen LogP contribution in [-0.4, -0.2) is 61.0 Å². The highest BCUT2D eigenvalue weighted by Gasteiger charge is 2.24. The third-order valence-electron chi connectivity index (χ3n) is 4.84. The Hall–Kier alpha value is -3.13. The monoisotopic (exact) mass is 385 g/mol. The fourth-order valence-corrected chi connectivity index (χ4v) is 3.29. The first-order valence-electron chi connectivity index (χ1n) is 8.99. The van der Waals surface area contributed by atoms with Gasteiger partial charge in [-0.05, 0) is 24.3 Å². The molecule has 0 radical (unpaired) electrons. The Morgan fingerprint density at radius 3 is 2.46 bits per heavy atom. The van der Waals surface area contributed by atoms with E-state index in [0.717, 1.165) is 17.1 Å². The molecule has 3 rings (SSSR count). The van der Waals surface area contributed by atoms with E-state index in [2.05, 4.69) is 4.90 Å². The average Bonchev–Trinajstić information content (AvgIpc) is 2.73. The van der Waals surface area contributed by atoms with Crippen LogP contribution in [0.1, 0.15) is 15.9 Å². The van der Waals surface area contributed by atoms with Crippen molar-refractivity contribution in [2.24, 2.45) is 0 Å². The quantitative estimate of drug-likeness (QED) is 0.561. The zero-order chi connectivity index (χ0) is 20.1. The van der Waals surface area contributed by atoms with Crippen molar-refractivity contribution in [3.05, 3.63) is 63.7 Å². The van der Waals surface area contributed by atoms with Crippen LogP contribution in [-0.2, 0) is 6.54 Å². The standard InChI is InChI=1S/C20H23N3O5/c1-27-18-6-7-19(28-2)16(13-18)14-21-8-10-22(11-9-21)20(24)15-4-3-5-17(12-15)23(25)26/h3-7,12-13H,8-11,14H2,1-2H3. The normalized spacial score (nSPS) is 14.6. The lowest BCUT2D eigenvalue weighted by molar-refractivity contribution is -0.384. The van der Waals surface area contributed by atoms with Gasteiger partial charge in [0.2, 0.25) is 0 Å². The number of carbonyl (C=O) groups is 1. The van der Waals surface area contributed by atoms with E-state index >= 15 is 0 Å². The highest BCUT2D eigenvalue weighted by atomic mass is 16.6. The molecule has 1 aliphatic heterocycles. The minimum atomic E-state index is -0.490. The summed E-state index contributed by atoms with van der Waals surface area (Å²) in [6, 6.07) is 11.6. The van der Waals surface area contributed by atoms with Crippen LogP contribution in [0.3, 0.4) is 0 Å². The third kappa shape index (κ3) is 4.40. The third-order valence-corrected chi connectivity index (χ3v) is 4.84. The molecule has 0 saturated carbocycles. The van der Waals surface area contributed by atoms with Crippen LogP contribution in [0.25, 0.3) is 0 Å². The number of methoxy groups -OCH3 is 2. The summed E-state index contributed by atoms with van der Waals surface area (Å²) < 4.78 is 10.7. The minimum absolute atomic E-state index is 0.0744. The van der Waals surface area contributed by atoms with Gasteiger partial charge in [-0.3, -0.25) is 19.8 Å². The molecule has 0 aliphatic carbocycles. The van der Waals surface area contributed by atoms with Crippen LogP contribution >= 0.6 is 0 Å². The molecule has 8 nitrogen and oxygen atoms in total. The van der Waals surface area contributed by atoms with Crippen molar-refractivity contribution in [1.29, 1.82) is 0 Å². The summed E-state index contributed by atoms with van der Waals surface area (Å²) in [6.07, 6.45) is 0. The van der Waals surface area contributed by atoms with Gasteiger partial charge in [0.1, 0.15) is 11.5 Å². The molecule has 1 heterocycles. The minimum Gasteiger partial charge on any atom is -0.497 e. The molecular formula is C20H23N3O5. The molecule has 148 valence electrons. The SMILES string of the molecule is COc1ccc(OC)c(CN2CCN(C(=O)c3cccc([N+](=O)[O-])c3)CC2)c1. The van der Waals surface area contributed by atoms with Gasteiger partial charge in [0.25, 0.3) is 11.6 Å². The fourth-order valence-electron chi connectivity index (χ4n) is 3.29. The first kappa shape index (κ1) is 19.6. The Bertz CT molecular complexity index is 863. The van der Waals surface area contributed by atoms with Crippen LogP contribution in [0.15, 0.2) is 42.5 Å². The highest BCUT2D eigenvalue weighted by molar-refractivity contribution is 5.94. The Morgan fingerprint density at radius 1 is 1.07 bits per heavy atom. The van der Waals surface area contributed by atoms with Crippen molar-refractivity contribution < 1.29 is 19.2 Å². The van der Waals surface area contributed by atoms with E-state index in [4.69, 9.17) is 9.47 Å². The number of piperazine rings is 1. The van der Waals surface area contributed by atoms with Gasteiger partial charge in [0, 0.05) is 56.0 Å². The summed E-state index contributed by atoms with van der Waals surface area (Å²) in [4.78, 5) is 27.1. The molecule has 2 aromatic carbocycles. The van der Waals surface area contributed by atoms with Gasteiger partial charge in [-0.25, -0.2) is 0 Å². The molecule has 1 aliphatic rings. The maximum atomic E-state index is 12.7. The van der Waals surface area contributed by atoms with Gasteiger partial charge >= 0.3 is 0 Å². The van der Waals surface area contributed by atoms with Crippen molar-refractivity contribution in [2.75, 3.05) is 40.4 Å². The lowest BCUT2D eigenvalue weighted by atomic mass is 10.1. The van der Waals surface area contributed by atoms with E-state index in [1.54, 1.807) is 25.2 Å². The van der Waals surface area contributed by atoms with Crippen LogP contribution in [0.5, 0.6) is 11.5 Å². The molecule has 1 amide bonds. The second kappa shape index (κ2) is 8.71. The number of carbonyl (C=O) groups excluding carboxylic acids is 1. The number of nitrogens with zero attached hydrogens (tertiary/aromatic N) is 3. The summed E-state index contributed by atoms with van der Waals surface area (Å²) in [7, 11) is 3.27.